The van der Waals surface area contributed by atoms with Crippen LogP contribution in [0.25, 0.3) is 11.4 Å². The summed E-state index contributed by atoms with van der Waals surface area (Å²) in [6.45, 7) is 2.73. The topological polar surface area (TPSA) is 64.9 Å². The molecular weight excluding hydrogens is 270 g/mol. The van der Waals surface area contributed by atoms with E-state index in [0.29, 0.717) is 18.3 Å². The van der Waals surface area contributed by atoms with Crippen molar-refractivity contribution < 1.29 is 4.52 Å². The number of hydrogen-bond donors (Lipinski definition) is 1. The zero-order valence-corrected chi connectivity index (χ0v) is 12.4. The van der Waals surface area contributed by atoms with Crippen molar-refractivity contribution in [2.24, 2.45) is 5.73 Å². The second-order valence-corrected chi connectivity index (χ2v) is 6.56. The fraction of sp³-hybridized carbons (Fsp3) is 0.467. The summed E-state index contributed by atoms with van der Waals surface area (Å²) in [6, 6.07) is 8.29. The van der Waals surface area contributed by atoms with Gasteiger partial charge < -0.3 is 10.3 Å². The minimum absolute atomic E-state index is 0.0662. The number of benzene rings is 1. The van der Waals surface area contributed by atoms with Gasteiger partial charge in [-0.25, -0.2) is 0 Å². The summed E-state index contributed by atoms with van der Waals surface area (Å²) in [4.78, 5) is 5.82. The molecule has 1 aromatic heterocycles. The molecule has 0 spiro atoms. The van der Waals surface area contributed by atoms with Gasteiger partial charge >= 0.3 is 0 Å². The van der Waals surface area contributed by atoms with E-state index in [0.717, 1.165) is 24.2 Å². The van der Waals surface area contributed by atoms with Gasteiger partial charge in [0.2, 0.25) is 11.7 Å². The minimum atomic E-state index is -0.0662. The van der Waals surface area contributed by atoms with Crippen molar-refractivity contribution in [1.82, 2.24) is 10.1 Å². The van der Waals surface area contributed by atoms with Gasteiger partial charge in [0.15, 0.2) is 0 Å². The van der Waals surface area contributed by atoms with E-state index in [1.807, 2.05) is 23.9 Å². The van der Waals surface area contributed by atoms with Gasteiger partial charge in [-0.2, -0.15) is 4.98 Å². The standard InChI is InChI=1S/C15H19N3OS/c1-2-20-12-6-4-11(5-7-12)13-17-14(19-18-13)15(10-16)8-3-9-15/h4-7H,2-3,8-10,16H2,1H3. The predicted octanol–water partition coefficient (Wildman–Crippen LogP) is 3.23. The predicted molar refractivity (Wildman–Crippen MR) is 80.7 cm³/mol. The Bertz CT molecular complexity index is 570. The van der Waals surface area contributed by atoms with Gasteiger partial charge in [0.25, 0.3) is 0 Å². The molecule has 0 aliphatic heterocycles. The maximum absolute atomic E-state index is 5.87. The molecule has 1 saturated carbocycles. The van der Waals surface area contributed by atoms with E-state index >= 15 is 0 Å². The van der Waals surface area contributed by atoms with Crippen molar-refractivity contribution >= 4 is 11.8 Å². The van der Waals surface area contributed by atoms with Gasteiger partial charge in [-0.1, -0.05) is 18.5 Å². The van der Waals surface area contributed by atoms with Crippen molar-refractivity contribution in [3.8, 4) is 11.4 Å². The van der Waals surface area contributed by atoms with Crippen molar-refractivity contribution in [3.63, 3.8) is 0 Å². The Kier molecular flexibility index (Phi) is 3.81. The average molecular weight is 289 g/mol. The highest BCUT2D eigenvalue weighted by Gasteiger charge is 2.42. The molecule has 4 nitrogen and oxygen atoms in total. The van der Waals surface area contributed by atoms with E-state index in [1.54, 1.807) is 0 Å². The molecule has 2 N–H and O–H groups in total. The van der Waals surface area contributed by atoms with E-state index in [9.17, 15) is 0 Å². The van der Waals surface area contributed by atoms with Crippen LogP contribution in [-0.4, -0.2) is 22.4 Å². The number of aromatic nitrogens is 2. The second-order valence-electron chi connectivity index (χ2n) is 5.22. The van der Waals surface area contributed by atoms with Gasteiger partial charge in [-0.3, -0.25) is 0 Å². The lowest BCUT2D eigenvalue weighted by molar-refractivity contribution is 0.182. The SMILES string of the molecule is CCSc1ccc(-c2noc(C3(CN)CCC3)n2)cc1. The molecule has 1 aliphatic carbocycles. The number of rotatable bonds is 5. The number of hydrogen-bond acceptors (Lipinski definition) is 5. The summed E-state index contributed by atoms with van der Waals surface area (Å²) in [5.74, 6) is 2.44. The Hall–Kier alpha value is -1.33. The van der Waals surface area contributed by atoms with E-state index in [4.69, 9.17) is 10.3 Å². The van der Waals surface area contributed by atoms with Crippen LogP contribution >= 0.6 is 11.8 Å². The molecule has 0 radical (unpaired) electrons. The van der Waals surface area contributed by atoms with Crippen molar-refractivity contribution in [3.05, 3.63) is 30.2 Å². The summed E-state index contributed by atoms with van der Waals surface area (Å²) in [7, 11) is 0. The molecule has 106 valence electrons. The molecule has 1 aromatic carbocycles. The zero-order valence-electron chi connectivity index (χ0n) is 11.6. The van der Waals surface area contributed by atoms with Crippen LogP contribution in [0, 0.1) is 0 Å². The first-order chi connectivity index (χ1) is 9.77. The van der Waals surface area contributed by atoms with Crippen molar-refractivity contribution in [1.29, 1.82) is 0 Å². The summed E-state index contributed by atoms with van der Waals surface area (Å²) >= 11 is 1.82. The molecule has 0 unspecified atom stereocenters. The molecule has 1 heterocycles. The summed E-state index contributed by atoms with van der Waals surface area (Å²) in [5.41, 5.74) is 6.80. The van der Waals surface area contributed by atoms with Gasteiger partial charge in [0, 0.05) is 17.0 Å². The number of nitrogens with two attached hydrogens (primary N) is 1. The molecule has 2 aromatic rings. The molecule has 20 heavy (non-hydrogen) atoms. The Labute approximate surface area is 123 Å². The third-order valence-electron chi connectivity index (χ3n) is 4.00. The maximum atomic E-state index is 5.87. The molecule has 0 saturated heterocycles. The van der Waals surface area contributed by atoms with Crippen LogP contribution in [0.4, 0.5) is 0 Å². The molecule has 0 amide bonds. The summed E-state index contributed by atoms with van der Waals surface area (Å²) < 4.78 is 5.45. The highest BCUT2D eigenvalue weighted by molar-refractivity contribution is 7.99. The van der Waals surface area contributed by atoms with Gasteiger partial charge in [-0.15, -0.1) is 11.8 Å². The molecule has 5 heteroatoms. The third kappa shape index (κ3) is 2.36. The van der Waals surface area contributed by atoms with Gasteiger partial charge in [-0.05, 0) is 42.9 Å². The van der Waals surface area contributed by atoms with Crippen LogP contribution in [-0.2, 0) is 5.41 Å². The monoisotopic (exact) mass is 289 g/mol. The fourth-order valence-electron chi connectivity index (χ4n) is 2.53. The van der Waals surface area contributed by atoms with Crippen LogP contribution < -0.4 is 5.73 Å². The minimum Gasteiger partial charge on any atom is -0.338 e. The normalized spacial score (nSPS) is 16.9. The second kappa shape index (κ2) is 5.58. The maximum Gasteiger partial charge on any atom is 0.234 e. The Morgan fingerprint density at radius 3 is 2.60 bits per heavy atom. The van der Waals surface area contributed by atoms with E-state index in [1.165, 1.54) is 11.3 Å². The number of nitrogens with zero attached hydrogens (tertiary/aromatic N) is 2. The molecule has 0 atom stereocenters. The van der Waals surface area contributed by atoms with Crippen molar-refractivity contribution in [2.75, 3.05) is 12.3 Å². The van der Waals surface area contributed by atoms with E-state index in [-0.39, 0.29) is 5.41 Å². The van der Waals surface area contributed by atoms with Crippen LogP contribution in [0.5, 0.6) is 0 Å². The fourth-order valence-corrected chi connectivity index (χ4v) is 3.19. The largest absolute Gasteiger partial charge is 0.338 e. The number of thioether (sulfide) groups is 1. The lowest BCUT2D eigenvalue weighted by Crippen LogP contribution is -2.41. The van der Waals surface area contributed by atoms with Crippen molar-refractivity contribution in [2.45, 2.75) is 36.5 Å². The van der Waals surface area contributed by atoms with Crippen LogP contribution in [0.15, 0.2) is 33.7 Å². The Balaban J connectivity index is 1.82. The van der Waals surface area contributed by atoms with E-state index < -0.39 is 0 Å². The quantitative estimate of drug-likeness (QED) is 0.856. The van der Waals surface area contributed by atoms with E-state index in [2.05, 4.69) is 29.2 Å². The lowest BCUT2D eigenvalue weighted by Gasteiger charge is -2.36. The molecular formula is C15H19N3OS. The summed E-state index contributed by atoms with van der Waals surface area (Å²) in [6.07, 6.45) is 3.30. The van der Waals surface area contributed by atoms with Gasteiger partial charge in [0.05, 0.1) is 5.41 Å². The first-order valence-electron chi connectivity index (χ1n) is 7.05. The summed E-state index contributed by atoms with van der Waals surface area (Å²) in [5, 5.41) is 4.11. The molecule has 3 rings (SSSR count). The van der Waals surface area contributed by atoms with Crippen LogP contribution in [0.1, 0.15) is 32.1 Å². The Morgan fingerprint density at radius 1 is 1.30 bits per heavy atom. The first kappa shape index (κ1) is 13.6. The molecule has 0 bridgehead atoms. The average Bonchev–Trinajstić information content (AvgIpc) is 2.89. The smallest absolute Gasteiger partial charge is 0.234 e. The molecule has 1 aliphatic rings. The lowest BCUT2D eigenvalue weighted by atomic mass is 9.69. The molecule has 1 fully saturated rings. The first-order valence-corrected chi connectivity index (χ1v) is 8.03. The highest BCUT2D eigenvalue weighted by Crippen LogP contribution is 2.42. The van der Waals surface area contributed by atoms with Crippen LogP contribution in [0.2, 0.25) is 0 Å². The zero-order chi connectivity index (χ0) is 14.0. The third-order valence-corrected chi connectivity index (χ3v) is 4.90. The highest BCUT2D eigenvalue weighted by atomic mass is 32.2. The Morgan fingerprint density at radius 2 is 2.05 bits per heavy atom. The van der Waals surface area contributed by atoms with Gasteiger partial charge in [0.1, 0.15) is 0 Å². The van der Waals surface area contributed by atoms with Crippen LogP contribution in [0.3, 0.4) is 0 Å².